The van der Waals surface area contributed by atoms with Crippen molar-refractivity contribution >= 4 is 29.0 Å². The third-order valence-electron chi connectivity index (χ3n) is 5.76. The van der Waals surface area contributed by atoms with Gasteiger partial charge in [0.05, 0.1) is 26.1 Å². The summed E-state index contributed by atoms with van der Waals surface area (Å²) in [7, 11) is 3.18. The van der Waals surface area contributed by atoms with Gasteiger partial charge in [0.25, 0.3) is 0 Å². The van der Waals surface area contributed by atoms with Crippen molar-refractivity contribution in [3.63, 3.8) is 0 Å². The number of carbonyl (C=O) groups is 1. The summed E-state index contributed by atoms with van der Waals surface area (Å²) >= 11 is 0. The average molecular weight is 467 g/mol. The van der Waals surface area contributed by atoms with Crippen LogP contribution in [0.2, 0.25) is 0 Å². The summed E-state index contributed by atoms with van der Waals surface area (Å²) < 4.78 is 10.7. The van der Waals surface area contributed by atoms with Crippen LogP contribution in [0.4, 0.5) is 16.6 Å². The Morgan fingerprint density at radius 1 is 1.09 bits per heavy atom. The lowest BCUT2D eigenvalue weighted by atomic mass is 10.1. The number of hydrogen-bond acceptors (Lipinski definition) is 9. The number of piperazine rings is 1. The van der Waals surface area contributed by atoms with E-state index in [0.717, 1.165) is 18.4 Å². The summed E-state index contributed by atoms with van der Waals surface area (Å²) in [5, 5.41) is 2.97. The fourth-order valence-electron chi connectivity index (χ4n) is 3.87. The highest BCUT2D eigenvalue weighted by Gasteiger charge is 2.24. The summed E-state index contributed by atoms with van der Waals surface area (Å²) in [4.78, 5) is 34.3. The smallest absolute Gasteiger partial charge is 0.317 e. The van der Waals surface area contributed by atoms with Gasteiger partial charge in [-0.3, -0.25) is 0 Å². The van der Waals surface area contributed by atoms with Crippen molar-refractivity contribution in [1.29, 1.82) is 0 Å². The molecule has 3 aromatic rings. The molecular weight excluding hydrogens is 436 g/mol. The number of benzene rings is 1. The van der Waals surface area contributed by atoms with Crippen LogP contribution in [0.15, 0.2) is 24.4 Å². The number of carbonyl (C=O) groups excluding carboxylic acids is 1. The molecule has 180 valence electrons. The number of methoxy groups -OCH3 is 2. The lowest BCUT2D eigenvalue weighted by molar-refractivity contribution is 0.194. The maximum absolute atomic E-state index is 12.4. The van der Waals surface area contributed by atoms with Gasteiger partial charge in [0.1, 0.15) is 0 Å². The van der Waals surface area contributed by atoms with E-state index in [0.29, 0.717) is 66.9 Å². The van der Waals surface area contributed by atoms with Crippen LogP contribution >= 0.6 is 0 Å². The Morgan fingerprint density at radius 3 is 2.56 bits per heavy atom. The molecule has 34 heavy (non-hydrogen) atoms. The van der Waals surface area contributed by atoms with Gasteiger partial charge in [0, 0.05) is 38.3 Å². The first kappa shape index (κ1) is 23.3. The third-order valence-corrected chi connectivity index (χ3v) is 5.76. The summed E-state index contributed by atoms with van der Waals surface area (Å²) in [6.07, 6.45) is 3.67. The molecule has 0 radical (unpaired) electrons. The standard InChI is InChI=1S/C23H30N8O3/c1-4-5-8-25-23(32)31-11-9-30(10-12-31)21-19-20(28-22(24)29-21)26-14-16(27-19)15-6-7-17(33-2)18(13-15)34-3/h6-7,13-14H,4-5,8-12H2,1-3H3,(H,25,32)(H2,24,26,28,29). The van der Waals surface area contributed by atoms with Crippen molar-refractivity contribution < 1.29 is 14.3 Å². The van der Waals surface area contributed by atoms with Gasteiger partial charge in [-0.05, 0) is 24.6 Å². The van der Waals surface area contributed by atoms with Gasteiger partial charge in [-0.25, -0.2) is 14.8 Å². The van der Waals surface area contributed by atoms with Crippen molar-refractivity contribution in [1.82, 2.24) is 30.2 Å². The lowest BCUT2D eigenvalue weighted by Crippen LogP contribution is -2.52. The van der Waals surface area contributed by atoms with Crippen LogP contribution in [0.3, 0.4) is 0 Å². The van der Waals surface area contributed by atoms with Gasteiger partial charge >= 0.3 is 6.03 Å². The van der Waals surface area contributed by atoms with Crippen molar-refractivity contribution in [3.8, 4) is 22.8 Å². The average Bonchev–Trinajstić information content (AvgIpc) is 2.87. The number of nitrogens with zero attached hydrogens (tertiary/aromatic N) is 6. The maximum atomic E-state index is 12.4. The van der Waals surface area contributed by atoms with E-state index >= 15 is 0 Å². The predicted octanol–water partition coefficient (Wildman–Crippen LogP) is 2.32. The zero-order chi connectivity index (χ0) is 24.1. The molecule has 1 aliphatic rings. The second-order valence-corrected chi connectivity index (χ2v) is 7.96. The third kappa shape index (κ3) is 4.87. The van der Waals surface area contributed by atoms with Gasteiger partial charge in [-0.2, -0.15) is 9.97 Å². The van der Waals surface area contributed by atoms with Crippen LogP contribution in [-0.4, -0.2) is 77.8 Å². The highest BCUT2D eigenvalue weighted by molar-refractivity contribution is 5.86. The van der Waals surface area contributed by atoms with Crippen molar-refractivity contribution in [2.75, 3.05) is 57.6 Å². The number of anilines is 2. The van der Waals surface area contributed by atoms with E-state index in [-0.39, 0.29) is 12.0 Å². The Bertz CT molecular complexity index is 1160. The molecule has 0 unspecified atom stereocenters. The molecule has 1 aliphatic heterocycles. The molecule has 1 saturated heterocycles. The second kappa shape index (κ2) is 10.4. The molecule has 1 aromatic carbocycles. The van der Waals surface area contributed by atoms with Gasteiger partial charge in [-0.15, -0.1) is 0 Å². The molecule has 0 spiro atoms. The molecule has 11 nitrogen and oxygen atoms in total. The molecular formula is C23H30N8O3. The molecule has 0 aliphatic carbocycles. The number of urea groups is 1. The number of nitrogens with two attached hydrogens (primary N) is 1. The van der Waals surface area contributed by atoms with Gasteiger partial charge in [0.15, 0.2) is 28.5 Å². The Hall–Kier alpha value is -3.89. The first-order valence-electron chi connectivity index (χ1n) is 11.3. The number of fused-ring (bicyclic) bond motifs is 1. The number of amides is 2. The Morgan fingerprint density at radius 2 is 1.85 bits per heavy atom. The molecule has 3 N–H and O–H groups in total. The van der Waals surface area contributed by atoms with E-state index in [4.69, 9.17) is 20.2 Å². The lowest BCUT2D eigenvalue weighted by Gasteiger charge is -2.35. The Balaban J connectivity index is 1.59. The quantitative estimate of drug-likeness (QED) is 0.503. The largest absolute Gasteiger partial charge is 0.493 e. The minimum absolute atomic E-state index is 0.0318. The fourth-order valence-corrected chi connectivity index (χ4v) is 3.87. The number of aromatic nitrogens is 4. The topological polar surface area (TPSA) is 132 Å². The van der Waals surface area contributed by atoms with E-state index in [1.54, 1.807) is 20.4 Å². The number of unbranched alkanes of at least 4 members (excludes halogenated alkanes) is 1. The molecule has 0 atom stereocenters. The second-order valence-electron chi connectivity index (χ2n) is 7.96. The van der Waals surface area contributed by atoms with Crippen molar-refractivity contribution in [3.05, 3.63) is 24.4 Å². The summed E-state index contributed by atoms with van der Waals surface area (Å²) in [6, 6.07) is 5.54. The highest BCUT2D eigenvalue weighted by atomic mass is 16.5. The fraction of sp³-hybridized carbons (Fsp3) is 0.435. The zero-order valence-electron chi connectivity index (χ0n) is 19.7. The number of rotatable bonds is 7. The molecule has 2 aromatic heterocycles. The van der Waals surface area contributed by atoms with Gasteiger partial charge < -0.3 is 30.3 Å². The van der Waals surface area contributed by atoms with Crippen LogP contribution in [-0.2, 0) is 0 Å². The van der Waals surface area contributed by atoms with Crippen molar-refractivity contribution in [2.45, 2.75) is 19.8 Å². The SMILES string of the molecule is CCCCNC(=O)N1CCN(c2nc(N)nc3ncc(-c4ccc(OC)c(OC)c4)nc23)CC1. The van der Waals surface area contributed by atoms with Crippen LogP contribution < -0.4 is 25.4 Å². The van der Waals surface area contributed by atoms with Crippen molar-refractivity contribution in [2.24, 2.45) is 0 Å². The minimum Gasteiger partial charge on any atom is -0.493 e. The minimum atomic E-state index is -0.0318. The number of nitrogen functional groups attached to an aromatic ring is 1. The van der Waals surface area contributed by atoms with Crippen LogP contribution in [0.25, 0.3) is 22.4 Å². The summed E-state index contributed by atoms with van der Waals surface area (Å²) in [6.45, 7) is 5.15. The number of hydrogen-bond donors (Lipinski definition) is 2. The molecule has 2 amide bonds. The monoisotopic (exact) mass is 466 g/mol. The van der Waals surface area contributed by atoms with Gasteiger partial charge in [0.2, 0.25) is 5.95 Å². The Kier molecular flexibility index (Phi) is 7.09. The molecule has 1 fully saturated rings. The van der Waals surface area contributed by atoms with E-state index in [1.807, 2.05) is 23.1 Å². The zero-order valence-corrected chi connectivity index (χ0v) is 19.7. The van der Waals surface area contributed by atoms with Crippen LogP contribution in [0.5, 0.6) is 11.5 Å². The predicted molar refractivity (Wildman–Crippen MR) is 130 cm³/mol. The molecule has 0 saturated carbocycles. The normalized spacial score (nSPS) is 13.7. The summed E-state index contributed by atoms with van der Waals surface area (Å²) in [5.74, 6) is 1.98. The van der Waals surface area contributed by atoms with E-state index < -0.39 is 0 Å². The first-order chi connectivity index (χ1) is 16.5. The molecule has 0 bridgehead atoms. The van der Waals surface area contributed by atoms with E-state index in [9.17, 15) is 4.79 Å². The van der Waals surface area contributed by atoms with E-state index in [1.165, 1.54) is 0 Å². The molecule has 11 heteroatoms. The highest BCUT2D eigenvalue weighted by Crippen LogP contribution is 2.32. The maximum Gasteiger partial charge on any atom is 0.317 e. The number of ether oxygens (including phenoxy) is 2. The first-order valence-corrected chi connectivity index (χ1v) is 11.3. The number of nitrogens with one attached hydrogen (secondary N) is 1. The van der Waals surface area contributed by atoms with Crippen LogP contribution in [0.1, 0.15) is 19.8 Å². The summed E-state index contributed by atoms with van der Waals surface area (Å²) in [5.41, 5.74) is 8.43. The molecule has 3 heterocycles. The van der Waals surface area contributed by atoms with Crippen LogP contribution in [0, 0.1) is 0 Å². The van der Waals surface area contributed by atoms with Gasteiger partial charge in [-0.1, -0.05) is 13.3 Å². The molecule has 4 rings (SSSR count). The Labute approximate surface area is 198 Å². The van der Waals surface area contributed by atoms with E-state index in [2.05, 4.69) is 32.1 Å².